The van der Waals surface area contributed by atoms with Crippen LogP contribution >= 0.6 is 34.2 Å². The van der Waals surface area contributed by atoms with Crippen LogP contribution in [-0.4, -0.2) is 17.3 Å². The van der Waals surface area contributed by atoms with Crippen LogP contribution in [0.15, 0.2) is 0 Å². The Morgan fingerprint density at radius 3 is 2.43 bits per heavy atom. The molecular weight excluding hydrogens is 144 g/mol. The molecule has 0 aromatic rings. The zero-order valence-corrected chi connectivity index (χ0v) is 7.08. The van der Waals surface area contributed by atoms with Crippen molar-refractivity contribution >= 4 is 34.2 Å². The number of rotatable bonds is 3. The molecule has 0 fully saturated rings. The van der Waals surface area contributed by atoms with Crippen LogP contribution in [0.2, 0.25) is 0 Å². The van der Waals surface area contributed by atoms with Crippen molar-refractivity contribution in [2.45, 2.75) is 12.2 Å². The van der Waals surface area contributed by atoms with Crippen molar-refractivity contribution in [3.8, 4) is 0 Å². The van der Waals surface area contributed by atoms with Crippen LogP contribution in [0, 0.1) is 0 Å². The second-order valence-electron chi connectivity index (χ2n) is 1.34. The molecule has 0 aliphatic heterocycles. The van der Waals surface area contributed by atoms with E-state index in [1.807, 2.05) is 11.8 Å². The fraction of sp³-hybridized carbons (Fsp3) is 1.00. The Hall–Kier alpha value is 1.05. The van der Waals surface area contributed by atoms with Crippen LogP contribution in [0.5, 0.6) is 0 Å². The molecule has 0 radical (unpaired) electrons. The SMILES string of the molecule is CSC(C)CSS. The summed E-state index contributed by atoms with van der Waals surface area (Å²) < 4.78 is 0. The Balaban J connectivity index is 2.83. The van der Waals surface area contributed by atoms with E-state index in [1.54, 1.807) is 10.8 Å². The Kier molecular flexibility index (Phi) is 5.97. The molecule has 0 heterocycles. The first-order valence-electron chi connectivity index (χ1n) is 2.10. The quantitative estimate of drug-likeness (QED) is 0.489. The van der Waals surface area contributed by atoms with Crippen molar-refractivity contribution in [1.82, 2.24) is 0 Å². The van der Waals surface area contributed by atoms with Crippen LogP contribution in [-0.2, 0) is 0 Å². The van der Waals surface area contributed by atoms with E-state index >= 15 is 0 Å². The van der Waals surface area contributed by atoms with Crippen molar-refractivity contribution < 1.29 is 0 Å². The molecule has 3 heteroatoms. The van der Waals surface area contributed by atoms with Gasteiger partial charge >= 0.3 is 0 Å². The lowest BCUT2D eigenvalue weighted by Gasteiger charge is -2.01. The van der Waals surface area contributed by atoms with Crippen LogP contribution in [0.25, 0.3) is 0 Å². The van der Waals surface area contributed by atoms with Crippen molar-refractivity contribution in [1.29, 1.82) is 0 Å². The number of thiol groups is 1. The second kappa shape index (κ2) is 5.19. The first-order valence-corrected chi connectivity index (χ1v) is 5.43. The van der Waals surface area contributed by atoms with Gasteiger partial charge in [0.2, 0.25) is 0 Å². The average Bonchev–Trinajstić information content (AvgIpc) is 1.68. The van der Waals surface area contributed by atoms with Crippen molar-refractivity contribution in [2.75, 3.05) is 12.0 Å². The summed E-state index contributed by atoms with van der Waals surface area (Å²) in [4.78, 5) is 0. The molecule has 0 aliphatic rings. The summed E-state index contributed by atoms with van der Waals surface area (Å²) >= 11 is 5.90. The lowest BCUT2D eigenvalue weighted by atomic mass is 10.6. The number of thioether (sulfide) groups is 1. The van der Waals surface area contributed by atoms with Gasteiger partial charge in [0.1, 0.15) is 0 Å². The van der Waals surface area contributed by atoms with Crippen LogP contribution in [0.3, 0.4) is 0 Å². The molecule has 1 atom stereocenters. The lowest BCUT2D eigenvalue weighted by Crippen LogP contribution is -1.95. The molecular formula is C4H10S3. The summed E-state index contributed by atoms with van der Waals surface area (Å²) in [7, 11) is 1.61. The molecule has 7 heavy (non-hydrogen) atoms. The van der Waals surface area contributed by atoms with E-state index in [4.69, 9.17) is 0 Å². The Morgan fingerprint density at radius 2 is 2.29 bits per heavy atom. The molecule has 0 saturated carbocycles. The van der Waals surface area contributed by atoms with E-state index in [9.17, 15) is 0 Å². The number of hydrogen-bond acceptors (Lipinski definition) is 3. The zero-order valence-electron chi connectivity index (χ0n) is 4.55. The molecule has 1 unspecified atom stereocenters. The minimum atomic E-state index is 0.752. The predicted molar refractivity (Wildman–Crippen MR) is 44.4 cm³/mol. The summed E-state index contributed by atoms with van der Waals surface area (Å²) in [6.07, 6.45) is 2.12. The highest BCUT2D eigenvalue weighted by Crippen LogP contribution is 2.14. The van der Waals surface area contributed by atoms with Gasteiger partial charge in [-0.25, -0.2) is 0 Å². The second-order valence-corrected chi connectivity index (χ2v) is 3.98. The monoisotopic (exact) mass is 154 g/mol. The highest BCUT2D eigenvalue weighted by Gasteiger charge is 1.94. The van der Waals surface area contributed by atoms with Gasteiger partial charge in [-0.1, -0.05) is 17.7 Å². The van der Waals surface area contributed by atoms with E-state index in [0.717, 1.165) is 11.0 Å². The summed E-state index contributed by atoms with van der Waals surface area (Å²) in [6, 6.07) is 0. The van der Waals surface area contributed by atoms with Crippen LogP contribution in [0.4, 0.5) is 0 Å². The van der Waals surface area contributed by atoms with Gasteiger partial charge in [0.15, 0.2) is 0 Å². The maximum absolute atomic E-state index is 4.02. The molecule has 0 N–H and O–H groups in total. The van der Waals surface area contributed by atoms with Crippen molar-refractivity contribution in [3.63, 3.8) is 0 Å². The van der Waals surface area contributed by atoms with Crippen molar-refractivity contribution in [2.24, 2.45) is 0 Å². The predicted octanol–water partition coefficient (Wildman–Crippen LogP) is 2.32. The fourth-order valence-electron chi connectivity index (χ4n) is 0.173. The van der Waals surface area contributed by atoms with Gasteiger partial charge in [0.25, 0.3) is 0 Å². The van der Waals surface area contributed by atoms with Gasteiger partial charge < -0.3 is 0 Å². The molecule has 0 aromatic carbocycles. The molecule has 0 aromatic heterocycles. The molecule has 0 aliphatic carbocycles. The lowest BCUT2D eigenvalue weighted by molar-refractivity contribution is 1.14. The third-order valence-corrected chi connectivity index (χ3v) is 2.99. The smallest absolute Gasteiger partial charge is 0.0151 e. The largest absolute Gasteiger partial charge is 0.161 e. The maximum Gasteiger partial charge on any atom is 0.0151 e. The summed E-state index contributed by atoms with van der Waals surface area (Å²) in [5, 5.41) is 0.752. The Morgan fingerprint density at radius 1 is 1.71 bits per heavy atom. The summed E-state index contributed by atoms with van der Waals surface area (Å²) in [5.41, 5.74) is 0. The third kappa shape index (κ3) is 4.91. The standard InChI is InChI=1S/C4H10S3/c1-4(6-2)3-7-5/h4-5H,3H2,1-2H3. The Labute approximate surface area is 58.6 Å². The van der Waals surface area contributed by atoms with E-state index in [1.165, 1.54) is 0 Å². The molecule has 0 bridgehead atoms. The first kappa shape index (κ1) is 8.05. The molecule has 0 rings (SSSR count). The van der Waals surface area contributed by atoms with Crippen molar-refractivity contribution in [3.05, 3.63) is 0 Å². The fourth-order valence-corrected chi connectivity index (χ4v) is 2.10. The molecule has 0 amide bonds. The number of hydrogen-bond donors (Lipinski definition) is 1. The van der Waals surface area contributed by atoms with Gasteiger partial charge in [-0.05, 0) is 6.26 Å². The van der Waals surface area contributed by atoms with Gasteiger partial charge in [-0.15, -0.1) is 11.7 Å². The normalized spacial score (nSPS) is 14.1. The first-order chi connectivity index (χ1) is 3.31. The highest BCUT2D eigenvalue weighted by molar-refractivity contribution is 8.68. The molecule has 0 spiro atoms. The van der Waals surface area contributed by atoms with E-state index in [-0.39, 0.29) is 0 Å². The zero-order chi connectivity index (χ0) is 5.70. The summed E-state index contributed by atoms with van der Waals surface area (Å²) in [6.45, 7) is 2.20. The van der Waals surface area contributed by atoms with Gasteiger partial charge in [-0.3, -0.25) is 0 Å². The highest BCUT2D eigenvalue weighted by atomic mass is 33.1. The average molecular weight is 154 g/mol. The van der Waals surface area contributed by atoms with Gasteiger partial charge in [0.05, 0.1) is 0 Å². The van der Waals surface area contributed by atoms with Crippen LogP contribution < -0.4 is 0 Å². The molecule has 0 saturated heterocycles. The van der Waals surface area contributed by atoms with Crippen LogP contribution in [0.1, 0.15) is 6.92 Å². The van der Waals surface area contributed by atoms with E-state index in [0.29, 0.717) is 0 Å². The topological polar surface area (TPSA) is 0 Å². The molecule has 44 valence electrons. The third-order valence-electron chi connectivity index (χ3n) is 0.712. The molecule has 0 nitrogen and oxygen atoms in total. The minimum Gasteiger partial charge on any atom is -0.161 e. The van der Waals surface area contributed by atoms with Gasteiger partial charge in [0, 0.05) is 11.0 Å². The van der Waals surface area contributed by atoms with Gasteiger partial charge in [-0.2, -0.15) is 11.8 Å². The maximum atomic E-state index is 4.02. The van der Waals surface area contributed by atoms with E-state index in [2.05, 4.69) is 24.8 Å². The minimum absolute atomic E-state index is 0.752. The van der Waals surface area contributed by atoms with E-state index < -0.39 is 0 Å². The Bertz CT molecular complexity index is 37.9. The summed E-state index contributed by atoms with van der Waals surface area (Å²) in [5.74, 6) is 1.14.